The third-order valence-corrected chi connectivity index (χ3v) is 6.79. The largest absolute Gasteiger partial charge is 0.247 e. The van der Waals surface area contributed by atoms with E-state index in [-0.39, 0.29) is 10.8 Å². The van der Waals surface area contributed by atoms with Crippen LogP contribution in [0, 0.1) is 6.92 Å². The van der Waals surface area contributed by atoms with Gasteiger partial charge in [-0.2, -0.15) is 0 Å². The minimum atomic E-state index is 0.125. The van der Waals surface area contributed by atoms with E-state index >= 15 is 0 Å². The van der Waals surface area contributed by atoms with Crippen LogP contribution >= 0.6 is 11.3 Å². The Kier molecular flexibility index (Phi) is 5.10. The van der Waals surface area contributed by atoms with Gasteiger partial charge in [-0.1, -0.05) is 77.4 Å². The molecule has 0 radical (unpaired) electrons. The predicted octanol–water partition coefficient (Wildman–Crippen LogP) is 8.53. The quantitative estimate of drug-likeness (QED) is 0.321. The fraction of sp³-hybridized carbons (Fsp3) is 0.321. The molecule has 0 aliphatic heterocycles. The first-order valence-electron chi connectivity index (χ1n) is 10.6. The first-order chi connectivity index (χ1) is 14.0. The number of fused-ring (bicyclic) bond motifs is 1. The van der Waals surface area contributed by atoms with Crippen molar-refractivity contribution in [2.24, 2.45) is 0 Å². The van der Waals surface area contributed by atoms with Crippen molar-refractivity contribution in [2.45, 2.75) is 59.3 Å². The molecule has 0 fully saturated rings. The van der Waals surface area contributed by atoms with Crippen molar-refractivity contribution < 1.29 is 0 Å². The Hall–Kier alpha value is -2.45. The maximum atomic E-state index is 5.02. The Morgan fingerprint density at radius 2 is 1.33 bits per heavy atom. The van der Waals surface area contributed by atoms with Crippen LogP contribution in [-0.4, -0.2) is 4.98 Å². The molecule has 154 valence electrons. The maximum absolute atomic E-state index is 5.02. The second kappa shape index (κ2) is 7.35. The van der Waals surface area contributed by atoms with Crippen molar-refractivity contribution in [1.82, 2.24) is 4.98 Å². The third-order valence-electron chi connectivity index (χ3n) is 5.65. The van der Waals surface area contributed by atoms with E-state index in [1.165, 1.54) is 37.4 Å². The highest BCUT2D eigenvalue weighted by Crippen LogP contribution is 2.36. The van der Waals surface area contributed by atoms with Crippen LogP contribution in [0.5, 0.6) is 0 Å². The zero-order chi connectivity index (χ0) is 21.7. The molecule has 0 saturated heterocycles. The van der Waals surface area contributed by atoms with Crippen LogP contribution in [0.1, 0.15) is 58.2 Å². The molecule has 4 aromatic rings. The summed E-state index contributed by atoms with van der Waals surface area (Å²) in [6, 6.07) is 22.4. The molecule has 30 heavy (non-hydrogen) atoms. The van der Waals surface area contributed by atoms with E-state index in [2.05, 4.69) is 109 Å². The summed E-state index contributed by atoms with van der Waals surface area (Å²) < 4.78 is 1.23. The van der Waals surface area contributed by atoms with Crippen LogP contribution in [0.2, 0.25) is 0 Å². The van der Waals surface area contributed by atoms with E-state index in [4.69, 9.17) is 4.98 Å². The number of aryl methyl sites for hydroxylation is 1. The van der Waals surface area contributed by atoms with Gasteiger partial charge in [-0.3, -0.25) is 0 Å². The topological polar surface area (TPSA) is 12.9 Å². The first-order valence-corrected chi connectivity index (χ1v) is 11.5. The van der Waals surface area contributed by atoms with Crippen LogP contribution in [0.3, 0.4) is 0 Å². The molecule has 2 aromatic carbocycles. The number of nitrogens with zero attached hydrogens (tertiary/aromatic N) is 1. The van der Waals surface area contributed by atoms with E-state index < -0.39 is 0 Å². The van der Waals surface area contributed by atoms with E-state index in [1.807, 2.05) is 11.3 Å². The van der Waals surface area contributed by atoms with Crippen molar-refractivity contribution >= 4 is 21.6 Å². The molecule has 0 unspecified atom stereocenters. The Labute approximate surface area is 184 Å². The highest BCUT2D eigenvalue weighted by atomic mass is 32.1. The monoisotopic (exact) mass is 413 g/mol. The molecule has 0 atom stereocenters. The Balaban J connectivity index is 1.72. The second-order valence-corrected chi connectivity index (χ2v) is 11.4. The molecule has 0 amide bonds. The number of thiophene rings is 1. The van der Waals surface area contributed by atoms with Gasteiger partial charge >= 0.3 is 0 Å². The summed E-state index contributed by atoms with van der Waals surface area (Å²) in [7, 11) is 0. The van der Waals surface area contributed by atoms with E-state index in [0.717, 1.165) is 11.2 Å². The van der Waals surface area contributed by atoms with Crippen molar-refractivity contribution in [3.8, 4) is 21.7 Å². The lowest BCUT2D eigenvalue weighted by molar-refractivity contribution is 0.590. The average Bonchev–Trinajstić information content (AvgIpc) is 3.09. The van der Waals surface area contributed by atoms with Gasteiger partial charge in [0.05, 0.1) is 15.9 Å². The second-order valence-electron chi connectivity index (χ2n) is 10.4. The fourth-order valence-corrected chi connectivity index (χ4v) is 4.73. The molecule has 0 N–H and O–H groups in total. The molecule has 0 aliphatic rings. The van der Waals surface area contributed by atoms with Crippen LogP contribution in [-0.2, 0) is 10.8 Å². The summed E-state index contributed by atoms with van der Waals surface area (Å²) in [6.07, 6.45) is 0. The lowest BCUT2D eigenvalue weighted by Gasteiger charge is -2.20. The van der Waals surface area contributed by atoms with Gasteiger partial charge in [0.2, 0.25) is 0 Å². The van der Waals surface area contributed by atoms with Crippen molar-refractivity contribution in [3.63, 3.8) is 0 Å². The molecule has 2 heterocycles. The van der Waals surface area contributed by atoms with Gasteiger partial charge < -0.3 is 0 Å². The molecule has 2 aromatic heterocycles. The van der Waals surface area contributed by atoms with E-state index in [9.17, 15) is 0 Å². The van der Waals surface area contributed by atoms with E-state index in [0.29, 0.717) is 0 Å². The minimum Gasteiger partial charge on any atom is -0.247 e. The molecule has 0 aliphatic carbocycles. The van der Waals surface area contributed by atoms with Gasteiger partial charge in [-0.15, -0.1) is 11.3 Å². The predicted molar refractivity (Wildman–Crippen MR) is 133 cm³/mol. The smallest absolute Gasteiger partial charge is 0.0823 e. The summed E-state index contributed by atoms with van der Waals surface area (Å²) >= 11 is 1.82. The van der Waals surface area contributed by atoms with Gasteiger partial charge in [0.15, 0.2) is 0 Å². The van der Waals surface area contributed by atoms with Crippen molar-refractivity contribution in [3.05, 3.63) is 77.4 Å². The van der Waals surface area contributed by atoms with E-state index in [1.54, 1.807) is 0 Å². The maximum Gasteiger partial charge on any atom is 0.0823 e. The fourth-order valence-electron chi connectivity index (χ4n) is 3.73. The summed E-state index contributed by atoms with van der Waals surface area (Å²) in [5.74, 6) is 0. The van der Waals surface area contributed by atoms with Gasteiger partial charge in [0, 0.05) is 10.4 Å². The molecule has 2 heteroatoms. The lowest BCUT2D eigenvalue weighted by atomic mass is 9.85. The van der Waals surface area contributed by atoms with Gasteiger partial charge in [0.25, 0.3) is 0 Å². The van der Waals surface area contributed by atoms with Crippen LogP contribution in [0.25, 0.3) is 31.9 Å². The molecule has 0 spiro atoms. The van der Waals surface area contributed by atoms with Crippen LogP contribution in [0.15, 0.2) is 60.7 Å². The average molecular weight is 414 g/mol. The number of pyridine rings is 1. The molecule has 1 nitrogen and oxygen atoms in total. The van der Waals surface area contributed by atoms with Crippen LogP contribution in [0.4, 0.5) is 0 Å². The third kappa shape index (κ3) is 4.20. The van der Waals surface area contributed by atoms with Gasteiger partial charge in [-0.25, -0.2) is 4.98 Å². The first kappa shape index (κ1) is 20.8. The Morgan fingerprint density at radius 3 is 1.97 bits per heavy atom. The minimum absolute atomic E-state index is 0.125. The number of rotatable bonds is 2. The molecule has 0 saturated carbocycles. The molecular weight excluding hydrogens is 382 g/mol. The Morgan fingerprint density at radius 1 is 0.667 bits per heavy atom. The highest BCUT2D eigenvalue weighted by Gasteiger charge is 2.16. The summed E-state index contributed by atoms with van der Waals surface area (Å²) in [6.45, 7) is 15.7. The molecular formula is C28H31NS. The number of hydrogen-bond donors (Lipinski definition) is 0. The standard InChI is InChI=1S/C28H31NS/c1-18-14-20(16-22(15-18)28(5,6)7)23-12-13-25-24(29-23)17-26(30-25)19-8-10-21(11-9-19)27(2,3)4/h8-17H,1-7H3. The number of aromatic nitrogens is 1. The van der Waals surface area contributed by atoms with Gasteiger partial charge in [0.1, 0.15) is 0 Å². The lowest BCUT2D eigenvalue weighted by Crippen LogP contribution is -2.11. The highest BCUT2D eigenvalue weighted by molar-refractivity contribution is 7.22. The van der Waals surface area contributed by atoms with Crippen molar-refractivity contribution in [2.75, 3.05) is 0 Å². The zero-order valence-electron chi connectivity index (χ0n) is 19.1. The molecule has 4 rings (SSSR count). The Bertz CT molecular complexity index is 1200. The SMILES string of the molecule is Cc1cc(-c2ccc3sc(-c4ccc(C(C)(C)C)cc4)cc3n2)cc(C(C)(C)C)c1. The van der Waals surface area contributed by atoms with Gasteiger partial charge in [-0.05, 0) is 64.8 Å². The number of hydrogen-bond acceptors (Lipinski definition) is 2. The number of benzene rings is 2. The molecule has 0 bridgehead atoms. The zero-order valence-corrected chi connectivity index (χ0v) is 19.9. The summed E-state index contributed by atoms with van der Waals surface area (Å²) in [5.41, 5.74) is 8.88. The van der Waals surface area contributed by atoms with Crippen molar-refractivity contribution in [1.29, 1.82) is 0 Å². The summed E-state index contributed by atoms with van der Waals surface area (Å²) in [5, 5.41) is 0. The summed E-state index contributed by atoms with van der Waals surface area (Å²) in [4.78, 5) is 6.30. The normalized spacial score (nSPS) is 12.5. The van der Waals surface area contributed by atoms with Crippen LogP contribution < -0.4 is 0 Å².